The molecule has 3 amide bonds. The van der Waals surface area contributed by atoms with Crippen LogP contribution in [0.1, 0.15) is 65.6 Å². The number of benzene rings is 1. The highest BCUT2D eigenvalue weighted by molar-refractivity contribution is 6.00. The Kier molecular flexibility index (Phi) is 8.55. The lowest BCUT2D eigenvalue weighted by Gasteiger charge is -2.42. The van der Waals surface area contributed by atoms with Gasteiger partial charge in [0.25, 0.3) is 11.8 Å². The number of amides is 3. The van der Waals surface area contributed by atoms with Crippen LogP contribution >= 0.6 is 0 Å². The van der Waals surface area contributed by atoms with E-state index >= 15 is 0 Å². The Bertz CT molecular complexity index is 1660. The predicted octanol–water partition coefficient (Wildman–Crippen LogP) is 2.62. The molecular formula is C31H35F2N5O8. The van der Waals surface area contributed by atoms with Gasteiger partial charge in [-0.3, -0.25) is 19.3 Å². The van der Waals surface area contributed by atoms with Crippen LogP contribution < -0.4 is 15.5 Å². The smallest absolute Gasteiger partial charge is 0.403 e. The molecule has 13 nitrogen and oxygen atoms in total. The lowest BCUT2D eigenvalue weighted by Crippen LogP contribution is -2.54. The van der Waals surface area contributed by atoms with Gasteiger partial charge in [-0.05, 0) is 32.8 Å². The van der Waals surface area contributed by atoms with E-state index in [9.17, 15) is 28.0 Å². The summed E-state index contributed by atoms with van der Waals surface area (Å²) in [4.78, 5) is 64.4. The number of rotatable bonds is 6. The van der Waals surface area contributed by atoms with E-state index in [-0.39, 0.29) is 56.8 Å². The average Bonchev–Trinajstić information content (AvgIpc) is 3.36. The molecule has 0 radical (unpaired) electrons. The van der Waals surface area contributed by atoms with Crippen molar-refractivity contribution in [1.82, 2.24) is 19.7 Å². The Labute approximate surface area is 263 Å². The molecule has 4 aliphatic rings. The second-order valence-corrected chi connectivity index (χ2v) is 12.1. The molecule has 15 heteroatoms. The minimum absolute atomic E-state index is 0.00882. The molecule has 6 rings (SSSR count). The maximum atomic E-state index is 14.3. The van der Waals surface area contributed by atoms with Crippen LogP contribution in [0.4, 0.5) is 13.6 Å². The SMILES string of the molecule is COC[C@@H]1COCCN1C(=O)Oc1c2n(cc(C(=O)NCc3ccc(F)cc3F)c1=O)[C@@H]1CN(C2=O)[C@@H](C)CC[C@]12CC(C)=NO2. The number of carbonyl (C=O) groups is 3. The van der Waals surface area contributed by atoms with E-state index in [0.29, 0.717) is 25.3 Å². The summed E-state index contributed by atoms with van der Waals surface area (Å²) in [6.45, 7) is 4.26. The number of hydrogen-bond donors (Lipinski definition) is 1. The number of nitrogens with zero attached hydrogens (tertiary/aromatic N) is 4. The standard InChI is InChI=1S/C31H35F2N5O8/c1-17-11-31(46-35-17)7-6-18(2)37-14-24(31)38-13-22(28(40)34-12-19-4-5-20(32)10-23(19)33)26(39)27(25(38)29(37)41)45-30(42)36-8-9-44-16-21(36)15-43-3/h4-5,10,13,18,21,24H,6-9,11-12,14-16H2,1-3H3,(H,34,40)/t18-,21+,24+,31-/m0/s1. The van der Waals surface area contributed by atoms with Crippen LogP contribution in [0.25, 0.3) is 0 Å². The third-order valence-corrected chi connectivity index (χ3v) is 9.13. The molecule has 246 valence electrons. The van der Waals surface area contributed by atoms with Crippen molar-refractivity contribution in [1.29, 1.82) is 0 Å². The van der Waals surface area contributed by atoms with Crippen LogP contribution in [0.2, 0.25) is 0 Å². The van der Waals surface area contributed by atoms with Crippen molar-refractivity contribution in [3.8, 4) is 5.75 Å². The minimum Gasteiger partial charge on any atom is -0.403 e. The molecule has 46 heavy (non-hydrogen) atoms. The molecule has 5 heterocycles. The molecule has 4 aliphatic heterocycles. The van der Waals surface area contributed by atoms with Crippen LogP contribution in [0, 0.1) is 11.6 Å². The van der Waals surface area contributed by atoms with Gasteiger partial charge in [0.15, 0.2) is 11.3 Å². The van der Waals surface area contributed by atoms with Crippen molar-refractivity contribution in [2.45, 2.75) is 63.4 Å². The number of oxime groups is 1. The number of nitrogens with one attached hydrogen (secondary N) is 1. The minimum atomic E-state index is -0.997. The first kappa shape index (κ1) is 31.6. The van der Waals surface area contributed by atoms with Gasteiger partial charge in [-0.25, -0.2) is 13.6 Å². The first-order valence-corrected chi connectivity index (χ1v) is 15.1. The van der Waals surface area contributed by atoms with Crippen molar-refractivity contribution in [2.75, 3.05) is 40.0 Å². The summed E-state index contributed by atoms with van der Waals surface area (Å²) >= 11 is 0. The molecule has 4 atom stereocenters. The number of hydrogen-bond acceptors (Lipinski definition) is 9. The predicted molar refractivity (Wildman–Crippen MR) is 158 cm³/mol. The lowest BCUT2D eigenvalue weighted by atomic mass is 9.84. The van der Waals surface area contributed by atoms with Gasteiger partial charge in [0.2, 0.25) is 11.2 Å². The molecule has 2 saturated heterocycles. The average molecular weight is 644 g/mol. The molecule has 1 aromatic carbocycles. The monoisotopic (exact) mass is 643 g/mol. The van der Waals surface area contributed by atoms with E-state index in [1.807, 2.05) is 13.8 Å². The van der Waals surface area contributed by atoms with Gasteiger partial charge in [-0.1, -0.05) is 11.2 Å². The van der Waals surface area contributed by atoms with Crippen molar-refractivity contribution >= 4 is 23.6 Å². The zero-order valence-corrected chi connectivity index (χ0v) is 25.7. The third-order valence-electron chi connectivity index (χ3n) is 9.13. The summed E-state index contributed by atoms with van der Waals surface area (Å²) < 4.78 is 45.7. The Morgan fingerprint density at radius 1 is 1.24 bits per heavy atom. The Morgan fingerprint density at radius 2 is 2.04 bits per heavy atom. The molecule has 1 aromatic heterocycles. The third kappa shape index (κ3) is 5.61. The Morgan fingerprint density at radius 3 is 2.76 bits per heavy atom. The van der Waals surface area contributed by atoms with E-state index in [0.717, 1.165) is 11.8 Å². The number of fused-ring (bicyclic) bond motifs is 5. The van der Waals surface area contributed by atoms with Crippen LogP contribution in [-0.4, -0.2) is 95.7 Å². The molecule has 1 spiro atoms. The zero-order chi connectivity index (χ0) is 32.7. The lowest BCUT2D eigenvalue weighted by molar-refractivity contribution is -0.0656. The van der Waals surface area contributed by atoms with Crippen LogP contribution in [0.5, 0.6) is 5.75 Å². The van der Waals surface area contributed by atoms with Crippen LogP contribution in [0.15, 0.2) is 34.3 Å². The number of halogens is 2. The van der Waals surface area contributed by atoms with Crippen LogP contribution in [0.3, 0.4) is 0 Å². The maximum Gasteiger partial charge on any atom is 0.415 e. The highest BCUT2D eigenvalue weighted by atomic mass is 19.1. The number of pyridine rings is 1. The summed E-state index contributed by atoms with van der Waals surface area (Å²) in [5.41, 5.74) is -1.77. The normalized spacial score (nSPS) is 25.5. The molecular weight excluding hydrogens is 608 g/mol. The van der Waals surface area contributed by atoms with Gasteiger partial charge >= 0.3 is 6.09 Å². The topological polar surface area (TPSA) is 141 Å². The quantitative estimate of drug-likeness (QED) is 0.507. The van der Waals surface area contributed by atoms with Gasteiger partial charge in [0.1, 0.15) is 17.2 Å². The number of methoxy groups -OCH3 is 1. The Balaban J connectivity index is 1.45. The van der Waals surface area contributed by atoms with Gasteiger partial charge in [-0.2, -0.15) is 0 Å². The highest BCUT2D eigenvalue weighted by Crippen LogP contribution is 2.46. The highest BCUT2D eigenvalue weighted by Gasteiger charge is 2.54. The fourth-order valence-corrected chi connectivity index (χ4v) is 6.67. The first-order chi connectivity index (χ1) is 22.0. The molecule has 2 fully saturated rings. The summed E-state index contributed by atoms with van der Waals surface area (Å²) in [6.07, 6.45) is 1.92. The second-order valence-electron chi connectivity index (χ2n) is 12.1. The largest absolute Gasteiger partial charge is 0.415 e. The number of ether oxygens (including phenoxy) is 3. The summed E-state index contributed by atoms with van der Waals surface area (Å²) in [5, 5.41) is 6.71. The van der Waals surface area contributed by atoms with E-state index in [2.05, 4.69) is 10.5 Å². The van der Waals surface area contributed by atoms with Crippen molar-refractivity contribution in [2.24, 2.45) is 5.16 Å². The van der Waals surface area contributed by atoms with Crippen molar-refractivity contribution in [3.63, 3.8) is 0 Å². The first-order valence-electron chi connectivity index (χ1n) is 15.1. The fourth-order valence-electron chi connectivity index (χ4n) is 6.67. The second kappa shape index (κ2) is 12.4. The van der Waals surface area contributed by atoms with E-state index in [1.165, 1.54) is 28.8 Å². The number of carbonyl (C=O) groups excluding carboxylic acids is 3. The number of morpholine rings is 1. The van der Waals surface area contributed by atoms with E-state index in [1.54, 1.807) is 4.90 Å². The molecule has 0 saturated carbocycles. The summed E-state index contributed by atoms with van der Waals surface area (Å²) in [6, 6.07) is 1.57. The van der Waals surface area contributed by atoms with Crippen LogP contribution in [-0.2, 0) is 20.9 Å². The zero-order valence-electron chi connectivity index (χ0n) is 25.7. The summed E-state index contributed by atoms with van der Waals surface area (Å²) in [5.74, 6) is -3.70. The Hall–Kier alpha value is -4.37. The molecule has 1 N–H and O–H groups in total. The van der Waals surface area contributed by atoms with Gasteiger partial charge in [0.05, 0.1) is 37.6 Å². The van der Waals surface area contributed by atoms with Crippen molar-refractivity contribution in [3.05, 3.63) is 63.1 Å². The van der Waals surface area contributed by atoms with Gasteiger partial charge < -0.3 is 33.8 Å². The maximum absolute atomic E-state index is 14.3. The molecule has 0 aliphatic carbocycles. The van der Waals surface area contributed by atoms with Gasteiger partial charge in [-0.15, -0.1) is 0 Å². The fraction of sp³-hybridized carbons (Fsp3) is 0.516. The van der Waals surface area contributed by atoms with E-state index < -0.39 is 64.0 Å². The molecule has 0 unspecified atom stereocenters. The van der Waals surface area contributed by atoms with Gasteiger partial charge in [0, 0.05) is 57.0 Å². The summed E-state index contributed by atoms with van der Waals surface area (Å²) in [7, 11) is 1.48. The molecule has 2 bridgehead atoms. The molecule has 2 aromatic rings. The van der Waals surface area contributed by atoms with E-state index in [4.69, 9.17) is 19.0 Å². The van der Waals surface area contributed by atoms with Crippen molar-refractivity contribution < 1.29 is 42.2 Å². The number of aromatic nitrogens is 1.